The first-order valence-corrected chi connectivity index (χ1v) is 23.3. The van der Waals surface area contributed by atoms with E-state index in [1.165, 1.54) is 31.6 Å². The van der Waals surface area contributed by atoms with Gasteiger partial charge in [-0.25, -0.2) is 33.6 Å². The van der Waals surface area contributed by atoms with Gasteiger partial charge in [0.05, 0.1) is 19.0 Å². The van der Waals surface area contributed by atoms with Gasteiger partial charge in [0.15, 0.2) is 23.0 Å². The van der Waals surface area contributed by atoms with Gasteiger partial charge in [-0.2, -0.15) is 4.39 Å². The SMILES string of the molecule is CCc1cc(Nc2nccn3c(-c4ccc(OC)c(F)c4F)cnc23)ccc1C(=O)NCCNC(=O)C(CCCN/C(=N/C(=O)OC(C)(C)C)N(CCCCO)C(=O)OC(C)(C)C)NC(=O)OC(C)(C)C. The van der Waals surface area contributed by atoms with Crippen LogP contribution < -0.4 is 31.3 Å². The molecule has 1 atom stereocenters. The zero-order valence-electron chi connectivity index (χ0n) is 42.4. The number of carbonyl (C=O) groups is 5. The Morgan fingerprint density at radius 2 is 1.52 bits per heavy atom. The smallest absolute Gasteiger partial charge is 0.437 e. The first-order chi connectivity index (χ1) is 33.3. The zero-order valence-corrected chi connectivity index (χ0v) is 42.4. The molecule has 0 radical (unpaired) electrons. The van der Waals surface area contributed by atoms with Crippen molar-refractivity contribution in [1.29, 1.82) is 0 Å². The number of fused-ring (bicyclic) bond motifs is 1. The van der Waals surface area contributed by atoms with Crippen LogP contribution in [0.25, 0.3) is 16.9 Å². The van der Waals surface area contributed by atoms with Crippen LogP contribution in [-0.2, 0) is 25.4 Å². The number of nitrogens with one attached hydrogen (secondary N) is 5. The number of alkyl carbamates (subject to hydrolysis) is 1. The van der Waals surface area contributed by atoms with Gasteiger partial charge in [0.1, 0.15) is 22.8 Å². The molecule has 0 fully saturated rings. The Hall–Kier alpha value is -7.10. The average molecular weight is 995 g/mol. The largest absolute Gasteiger partial charge is 0.494 e. The second-order valence-electron chi connectivity index (χ2n) is 19.2. The van der Waals surface area contributed by atoms with Crippen molar-refractivity contribution >= 4 is 53.2 Å². The standard InChI is InChI=1S/C49H68F2N10O10/c1-12-30-28-31(57-39-40-56-29-35(60(40)26-24-52-39)33-19-20-36(68-11)38(51)37(33)50)17-18-32(30)41(63)53-22-23-54-42(64)34(58-44(65)69-47(2,3)4)16-15-21-55-43(59-45(66)70-48(5,6)7)61(25-13-14-27-62)46(67)71-49(8,9)10/h17-20,24,26,28-29,34,62H,12-16,21-23,25,27H2,1-11H3,(H,52,57)(H,53,63)(H,54,64)(H,58,65)(H,55,59,66). The van der Waals surface area contributed by atoms with Crippen LogP contribution in [0.3, 0.4) is 0 Å². The Morgan fingerprint density at radius 3 is 2.17 bits per heavy atom. The number of benzene rings is 2. The van der Waals surface area contributed by atoms with Crippen molar-refractivity contribution in [2.45, 2.75) is 124 Å². The third-order valence-electron chi connectivity index (χ3n) is 9.88. The summed E-state index contributed by atoms with van der Waals surface area (Å²) in [6, 6.07) is 6.74. The van der Waals surface area contributed by atoms with Gasteiger partial charge >= 0.3 is 18.3 Å². The molecular weight excluding hydrogens is 927 g/mol. The average Bonchev–Trinajstić information content (AvgIpc) is 3.71. The Bertz CT molecular complexity index is 2530. The van der Waals surface area contributed by atoms with Crippen molar-refractivity contribution < 1.29 is 56.8 Å². The van der Waals surface area contributed by atoms with Gasteiger partial charge in [-0.1, -0.05) is 6.92 Å². The van der Waals surface area contributed by atoms with Gasteiger partial charge in [-0.3, -0.25) is 14.0 Å². The number of rotatable bonds is 19. The van der Waals surface area contributed by atoms with Crippen molar-refractivity contribution in [2.24, 2.45) is 4.99 Å². The highest BCUT2D eigenvalue weighted by molar-refractivity contribution is 5.99. The number of aliphatic hydroxyl groups is 1. The molecule has 0 aliphatic heterocycles. The van der Waals surface area contributed by atoms with Crippen LogP contribution in [0.2, 0.25) is 0 Å². The number of nitrogens with zero attached hydrogens (tertiary/aromatic N) is 5. The molecule has 5 amide bonds. The number of imidazole rings is 1. The van der Waals surface area contributed by atoms with Gasteiger partial charge in [-0.15, -0.1) is 4.99 Å². The number of anilines is 2. The highest BCUT2D eigenvalue weighted by Gasteiger charge is 2.29. The molecule has 0 saturated heterocycles. The molecule has 0 aliphatic carbocycles. The van der Waals surface area contributed by atoms with E-state index >= 15 is 4.39 Å². The van der Waals surface area contributed by atoms with Crippen LogP contribution in [-0.4, -0.2) is 123 Å². The summed E-state index contributed by atoms with van der Waals surface area (Å²) < 4.78 is 52.5. The van der Waals surface area contributed by atoms with Crippen molar-refractivity contribution in [3.8, 4) is 17.0 Å². The van der Waals surface area contributed by atoms with Gasteiger partial charge in [-0.05, 0) is 130 Å². The molecule has 4 aromatic rings. The van der Waals surface area contributed by atoms with Crippen LogP contribution in [0, 0.1) is 11.6 Å². The number of methoxy groups -OCH3 is 1. The number of hydrogen-bond acceptors (Lipinski definition) is 13. The predicted molar refractivity (Wildman–Crippen MR) is 263 cm³/mol. The maximum atomic E-state index is 15.0. The Labute approximate surface area is 412 Å². The molecule has 4 rings (SSSR count). The fourth-order valence-electron chi connectivity index (χ4n) is 6.77. The van der Waals surface area contributed by atoms with E-state index in [1.807, 2.05) is 6.92 Å². The van der Waals surface area contributed by atoms with E-state index in [9.17, 15) is 33.5 Å². The normalized spacial score (nSPS) is 12.4. The highest BCUT2D eigenvalue weighted by Crippen LogP contribution is 2.32. The molecule has 0 spiro atoms. The maximum Gasteiger partial charge on any atom is 0.437 e. The summed E-state index contributed by atoms with van der Waals surface area (Å²) in [5, 5.41) is 23.8. The minimum Gasteiger partial charge on any atom is -0.494 e. The van der Waals surface area contributed by atoms with Gasteiger partial charge < -0.3 is 50.6 Å². The second-order valence-corrected chi connectivity index (χ2v) is 19.2. The number of hydrogen-bond donors (Lipinski definition) is 6. The van der Waals surface area contributed by atoms with E-state index in [4.69, 9.17) is 18.9 Å². The lowest BCUT2D eigenvalue weighted by atomic mass is 10.0. The van der Waals surface area contributed by atoms with E-state index in [1.54, 1.807) is 91.1 Å². The van der Waals surface area contributed by atoms with Crippen LogP contribution >= 0.6 is 0 Å². The predicted octanol–water partition coefficient (Wildman–Crippen LogP) is 7.40. The van der Waals surface area contributed by atoms with E-state index in [0.29, 0.717) is 53.2 Å². The van der Waals surface area contributed by atoms with Crippen LogP contribution in [0.5, 0.6) is 5.75 Å². The maximum absolute atomic E-state index is 15.0. The minimum absolute atomic E-state index is 0.00313. The number of ether oxygens (including phenoxy) is 4. The topological polar surface area (TPSA) is 248 Å². The lowest BCUT2D eigenvalue weighted by Gasteiger charge is -2.29. The zero-order chi connectivity index (χ0) is 52.7. The minimum atomic E-state index is -1.12. The van der Waals surface area contributed by atoms with E-state index in [0.717, 1.165) is 4.90 Å². The van der Waals surface area contributed by atoms with E-state index in [2.05, 4.69) is 41.5 Å². The van der Waals surface area contributed by atoms with Crippen LogP contribution in [0.1, 0.15) is 111 Å². The first-order valence-electron chi connectivity index (χ1n) is 23.3. The number of guanidine groups is 1. The number of aryl methyl sites for hydroxylation is 1. The van der Waals surface area contributed by atoms with Crippen molar-refractivity contribution in [1.82, 2.24) is 40.5 Å². The quantitative estimate of drug-likeness (QED) is 0.0232. The number of aliphatic imine (C=N–C) groups is 1. The Kier molecular flexibility index (Phi) is 20.0. The number of aromatic nitrogens is 3. The number of halogens is 2. The Balaban J connectivity index is 1.42. The number of aliphatic hydroxyl groups excluding tert-OH is 1. The van der Waals surface area contributed by atoms with Crippen molar-refractivity contribution in [3.63, 3.8) is 0 Å². The summed E-state index contributed by atoms with van der Waals surface area (Å²) in [4.78, 5) is 80.2. The molecule has 0 bridgehead atoms. The number of carbonyl (C=O) groups excluding carboxylic acids is 5. The summed E-state index contributed by atoms with van der Waals surface area (Å²) in [7, 11) is 1.25. The van der Waals surface area contributed by atoms with Crippen LogP contribution in [0.4, 0.5) is 34.7 Å². The fourth-order valence-corrected chi connectivity index (χ4v) is 6.77. The summed E-state index contributed by atoms with van der Waals surface area (Å²) in [6.45, 7) is 17.0. The molecule has 2 heterocycles. The molecule has 0 aliphatic rings. The second kappa shape index (κ2) is 25.1. The first kappa shape index (κ1) is 56.5. The molecule has 0 saturated carbocycles. The van der Waals surface area contributed by atoms with Crippen molar-refractivity contribution in [3.05, 3.63) is 71.7 Å². The molecule has 6 N–H and O–H groups in total. The monoisotopic (exact) mass is 995 g/mol. The molecule has 71 heavy (non-hydrogen) atoms. The lowest BCUT2D eigenvalue weighted by molar-refractivity contribution is -0.123. The highest BCUT2D eigenvalue weighted by atomic mass is 19.2. The Morgan fingerprint density at radius 1 is 0.831 bits per heavy atom. The molecule has 2 aromatic heterocycles. The van der Waals surface area contributed by atoms with E-state index in [-0.39, 0.29) is 62.9 Å². The summed E-state index contributed by atoms with van der Waals surface area (Å²) >= 11 is 0. The number of unbranched alkanes of at least 4 members (excludes halogenated alkanes) is 1. The molecule has 1 unspecified atom stereocenters. The van der Waals surface area contributed by atoms with Crippen molar-refractivity contribution in [2.75, 3.05) is 45.2 Å². The summed E-state index contributed by atoms with van der Waals surface area (Å²) in [5.41, 5.74) is -0.367. The lowest BCUT2D eigenvalue weighted by Crippen LogP contribution is -2.50. The molecule has 20 nitrogen and oxygen atoms in total. The third-order valence-corrected chi connectivity index (χ3v) is 9.88. The fraction of sp³-hybridized carbons (Fsp3) is 0.510. The molecule has 388 valence electrons. The summed E-state index contributed by atoms with van der Waals surface area (Å²) in [6.07, 6.45) is 3.34. The summed E-state index contributed by atoms with van der Waals surface area (Å²) in [5.74, 6) is -3.23. The van der Waals surface area contributed by atoms with Crippen LogP contribution in [0.15, 0.2) is 53.9 Å². The third kappa shape index (κ3) is 17.4. The van der Waals surface area contributed by atoms with Gasteiger partial charge in [0.25, 0.3) is 5.91 Å². The molecule has 2 aromatic carbocycles. The van der Waals surface area contributed by atoms with E-state index < -0.39 is 64.6 Å². The number of amides is 5. The molecule has 22 heteroatoms. The van der Waals surface area contributed by atoms with Gasteiger partial charge in [0, 0.05) is 62.0 Å². The molecular formula is C49H68F2N10O10. The van der Waals surface area contributed by atoms with Gasteiger partial charge in [0.2, 0.25) is 17.7 Å².